The van der Waals surface area contributed by atoms with E-state index in [9.17, 15) is 13.2 Å². The molecule has 0 bridgehead atoms. The summed E-state index contributed by atoms with van der Waals surface area (Å²) >= 11 is 0. The minimum absolute atomic E-state index is 0.250. The number of benzene rings is 1. The maximum absolute atomic E-state index is 12.6. The molecule has 0 radical (unpaired) electrons. The first-order chi connectivity index (χ1) is 12.9. The number of nitrogens with zero attached hydrogens (tertiary/aromatic N) is 2. The number of carbonyl (C=O) groups is 1. The summed E-state index contributed by atoms with van der Waals surface area (Å²) in [5.74, 6) is 0. The van der Waals surface area contributed by atoms with Crippen molar-refractivity contribution in [3.05, 3.63) is 53.7 Å². The van der Waals surface area contributed by atoms with E-state index in [1.54, 1.807) is 0 Å². The summed E-state index contributed by atoms with van der Waals surface area (Å²) in [5, 5.41) is 6.89. The van der Waals surface area contributed by atoms with Crippen LogP contribution in [0.3, 0.4) is 0 Å². The van der Waals surface area contributed by atoms with Crippen LogP contribution in [0.25, 0.3) is 11.3 Å². The van der Waals surface area contributed by atoms with Crippen LogP contribution in [0.1, 0.15) is 24.1 Å². The molecule has 8 heteroatoms. The van der Waals surface area contributed by atoms with Crippen molar-refractivity contribution in [3.63, 3.8) is 0 Å². The highest BCUT2D eigenvalue weighted by Crippen LogP contribution is 2.30. The normalized spacial score (nSPS) is 16.1. The van der Waals surface area contributed by atoms with Crippen LogP contribution in [-0.2, 0) is 15.7 Å². The molecule has 1 aromatic carbocycles. The predicted molar refractivity (Wildman–Crippen MR) is 94.2 cm³/mol. The molecule has 2 aromatic rings. The van der Waals surface area contributed by atoms with Crippen molar-refractivity contribution in [2.75, 3.05) is 26.3 Å². The molecule has 1 saturated heterocycles. The second kappa shape index (κ2) is 9.48. The zero-order valence-corrected chi connectivity index (χ0v) is 14.8. The molecule has 1 aliphatic rings. The lowest BCUT2D eigenvalue weighted by atomic mass is 10.0. The Morgan fingerprint density at radius 3 is 2.22 bits per heavy atom. The Bertz CT molecular complexity index is 712. The smallest absolute Gasteiger partial charge is 0.417 e. The van der Waals surface area contributed by atoms with Gasteiger partial charge in [0.2, 0.25) is 0 Å². The lowest BCUT2D eigenvalue weighted by molar-refractivity contribution is -0.137. The third-order valence-electron chi connectivity index (χ3n) is 4.37. The minimum atomic E-state index is -4.36. The van der Waals surface area contributed by atoms with Crippen molar-refractivity contribution >= 4 is 6.47 Å². The first-order valence-corrected chi connectivity index (χ1v) is 8.40. The molecule has 1 aliphatic heterocycles. The number of rotatable bonds is 3. The van der Waals surface area contributed by atoms with E-state index in [4.69, 9.17) is 14.6 Å². The summed E-state index contributed by atoms with van der Waals surface area (Å²) in [6.45, 7) is 5.21. The third kappa shape index (κ3) is 5.77. The molecule has 0 amide bonds. The molecule has 27 heavy (non-hydrogen) atoms. The van der Waals surface area contributed by atoms with Crippen molar-refractivity contribution < 1.29 is 27.8 Å². The zero-order chi connectivity index (χ0) is 19.9. The number of alkyl halides is 3. The molecule has 1 unspecified atom stereocenters. The van der Waals surface area contributed by atoms with Crippen molar-refractivity contribution in [3.8, 4) is 11.3 Å². The van der Waals surface area contributed by atoms with E-state index < -0.39 is 11.7 Å². The maximum atomic E-state index is 12.6. The van der Waals surface area contributed by atoms with Gasteiger partial charge >= 0.3 is 6.18 Å². The zero-order valence-electron chi connectivity index (χ0n) is 14.8. The van der Waals surface area contributed by atoms with E-state index >= 15 is 0 Å². The standard InChI is InChI=1S/C18H19F3N2O.CH2O2/c1-13(23-8-10-24-11-9-23)14-2-4-15(5-3-14)17-7-6-16(12-22-17)18(19,20)21;2-1-3/h2-7,12-13H,8-11H2,1H3;1H,(H,2,3). The number of halogens is 3. The summed E-state index contributed by atoms with van der Waals surface area (Å²) in [6, 6.07) is 10.6. The van der Waals surface area contributed by atoms with Gasteiger partial charge in [0.15, 0.2) is 0 Å². The second-order valence-electron chi connectivity index (χ2n) is 5.98. The molecule has 0 saturated carbocycles. The number of hydrogen-bond donors (Lipinski definition) is 1. The van der Waals surface area contributed by atoms with E-state index in [1.165, 1.54) is 11.6 Å². The average molecular weight is 382 g/mol. The lowest BCUT2D eigenvalue weighted by Crippen LogP contribution is -2.37. The number of hydrogen-bond acceptors (Lipinski definition) is 4. The van der Waals surface area contributed by atoms with Crippen LogP contribution in [0.2, 0.25) is 0 Å². The van der Waals surface area contributed by atoms with Gasteiger partial charge in [-0.15, -0.1) is 0 Å². The van der Waals surface area contributed by atoms with Gasteiger partial charge in [0.25, 0.3) is 6.47 Å². The van der Waals surface area contributed by atoms with Crippen LogP contribution in [0.15, 0.2) is 42.6 Å². The fourth-order valence-corrected chi connectivity index (χ4v) is 2.84. The fourth-order valence-electron chi connectivity index (χ4n) is 2.84. The molecule has 1 atom stereocenters. The van der Waals surface area contributed by atoms with Crippen LogP contribution in [0.5, 0.6) is 0 Å². The molecule has 2 heterocycles. The Hall–Kier alpha value is -2.45. The van der Waals surface area contributed by atoms with Crippen LogP contribution < -0.4 is 0 Å². The molecular weight excluding hydrogens is 361 g/mol. The average Bonchev–Trinajstić information content (AvgIpc) is 2.68. The Morgan fingerprint density at radius 1 is 1.15 bits per heavy atom. The van der Waals surface area contributed by atoms with E-state index in [0.717, 1.165) is 44.1 Å². The number of morpholine rings is 1. The van der Waals surface area contributed by atoms with E-state index in [0.29, 0.717) is 5.69 Å². The molecule has 1 N–H and O–H groups in total. The summed E-state index contributed by atoms with van der Waals surface area (Å²) in [6.07, 6.45) is -3.48. The van der Waals surface area contributed by atoms with Crippen molar-refractivity contribution in [1.29, 1.82) is 0 Å². The number of ether oxygens (including phenoxy) is 1. The lowest BCUT2D eigenvalue weighted by Gasteiger charge is -2.32. The summed E-state index contributed by atoms with van der Waals surface area (Å²) in [7, 11) is 0. The highest BCUT2D eigenvalue weighted by atomic mass is 19.4. The molecule has 0 aliphatic carbocycles. The SMILES string of the molecule is CC(c1ccc(-c2ccc(C(F)(F)F)cn2)cc1)N1CCOCC1.O=CO. The predicted octanol–water partition coefficient (Wildman–Crippen LogP) is 3.86. The van der Waals surface area contributed by atoms with Crippen molar-refractivity contribution in [2.45, 2.75) is 19.1 Å². The molecule has 5 nitrogen and oxygen atoms in total. The van der Waals surface area contributed by atoms with Gasteiger partial charge in [-0.1, -0.05) is 24.3 Å². The molecular formula is C19H21F3N2O3. The summed E-state index contributed by atoms with van der Waals surface area (Å²) < 4.78 is 43.1. The molecule has 3 rings (SSSR count). The second-order valence-corrected chi connectivity index (χ2v) is 5.98. The number of carboxylic acid groups (broad SMARTS) is 1. The molecule has 1 fully saturated rings. The van der Waals surface area contributed by atoms with Crippen LogP contribution >= 0.6 is 0 Å². The number of aromatic nitrogens is 1. The first kappa shape index (κ1) is 20.9. The third-order valence-corrected chi connectivity index (χ3v) is 4.37. The Labute approximate surface area is 155 Å². The largest absolute Gasteiger partial charge is 0.483 e. The van der Waals surface area contributed by atoms with Crippen LogP contribution in [-0.4, -0.2) is 47.8 Å². The Kier molecular flexibility index (Phi) is 7.32. The minimum Gasteiger partial charge on any atom is -0.483 e. The summed E-state index contributed by atoms with van der Waals surface area (Å²) in [4.78, 5) is 14.6. The van der Waals surface area contributed by atoms with E-state index in [-0.39, 0.29) is 12.5 Å². The van der Waals surface area contributed by atoms with Crippen LogP contribution in [0.4, 0.5) is 13.2 Å². The van der Waals surface area contributed by atoms with Gasteiger partial charge in [0.1, 0.15) is 0 Å². The van der Waals surface area contributed by atoms with Gasteiger partial charge in [-0.3, -0.25) is 14.7 Å². The van der Waals surface area contributed by atoms with Gasteiger partial charge in [0, 0.05) is 30.9 Å². The van der Waals surface area contributed by atoms with Gasteiger partial charge in [-0.2, -0.15) is 13.2 Å². The molecule has 0 spiro atoms. The summed E-state index contributed by atoms with van der Waals surface area (Å²) in [5.41, 5.74) is 1.78. The van der Waals surface area contributed by atoms with Gasteiger partial charge in [0.05, 0.1) is 24.5 Å². The fraction of sp³-hybridized carbons (Fsp3) is 0.368. The molecule has 1 aromatic heterocycles. The van der Waals surface area contributed by atoms with Gasteiger partial charge in [-0.25, -0.2) is 0 Å². The van der Waals surface area contributed by atoms with Crippen molar-refractivity contribution in [1.82, 2.24) is 9.88 Å². The quantitative estimate of drug-likeness (QED) is 0.817. The molecule has 146 valence electrons. The van der Waals surface area contributed by atoms with E-state index in [1.807, 2.05) is 24.3 Å². The van der Waals surface area contributed by atoms with Crippen LogP contribution in [0, 0.1) is 0 Å². The Morgan fingerprint density at radius 2 is 1.74 bits per heavy atom. The van der Waals surface area contributed by atoms with E-state index in [2.05, 4.69) is 16.8 Å². The monoisotopic (exact) mass is 382 g/mol. The number of pyridine rings is 1. The topological polar surface area (TPSA) is 62.7 Å². The van der Waals surface area contributed by atoms with Gasteiger partial charge in [-0.05, 0) is 24.6 Å². The first-order valence-electron chi connectivity index (χ1n) is 8.40. The van der Waals surface area contributed by atoms with Crippen molar-refractivity contribution in [2.24, 2.45) is 0 Å². The van der Waals surface area contributed by atoms with Gasteiger partial charge < -0.3 is 9.84 Å². The highest BCUT2D eigenvalue weighted by molar-refractivity contribution is 5.59. The highest BCUT2D eigenvalue weighted by Gasteiger charge is 2.30. The maximum Gasteiger partial charge on any atom is 0.417 e. The Balaban J connectivity index is 0.000000817.